The Morgan fingerprint density at radius 2 is 2.20 bits per heavy atom. The zero-order valence-corrected chi connectivity index (χ0v) is 6.64. The molecule has 1 rings (SSSR count). The van der Waals surface area contributed by atoms with Crippen LogP contribution in [0, 0.1) is 0 Å². The fourth-order valence-electron chi connectivity index (χ4n) is 0.684. The van der Waals surface area contributed by atoms with E-state index in [9.17, 15) is 0 Å². The van der Waals surface area contributed by atoms with Gasteiger partial charge >= 0.3 is 0 Å². The van der Waals surface area contributed by atoms with Crippen molar-refractivity contribution in [3.05, 3.63) is 0 Å². The summed E-state index contributed by atoms with van der Waals surface area (Å²) in [4.78, 5) is 0. The molecule has 0 aliphatic heterocycles. The van der Waals surface area contributed by atoms with Crippen molar-refractivity contribution in [2.45, 2.75) is 38.7 Å². The largest absolute Gasteiger partial charge is 0.355 e. The zero-order valence-electron chi connectivity index (χ0n) is 6.64. The van der Waals surface area contributed by atoms with Crippen molar-refractivity contribution in [1.29, 1.82) is 0 Å². The van der Waals surface area contributed by atoms with Crippen LogP contribution in [-0.4, -0.2) is 19.5 Å². The third-order valence-corrected chi connectivity index (χ3v) is 1.55. The normalized spacial score (nSPS) is 17.7. The van der Waals surface area contributed by atoms with E-state index >= 15 is 0 Å². The van der Waals surface area contributed by atoms with Crippen LogP contribution in [0.15, 0.2) is 0 Å². The van der Waals surface area contributed by atoms with Gasteiger partial charge in [-0.25, -0.2) is 0 Å². The number of unbranched alkanes of at least 4 members (excludes halogenated alkanes) is 1. The van der Waals surface area contributed by atoms with E-state index in [2.05, 4.69) is 6.92 Å². The van der Waals surface area contributed by atoms with E-state index in [-0.39, 0.29) is 0 Å². The molecule has 1 aliphatic rings. The monoisotopic (exact) mass is 144 g/mol. The Kier molecular flexibility index (Phi) is 3.76. The lowest BCUT2D eigenvalue weighted by molar-refractivity contribution is -0.0620. The molecule has 0 spiro atoms. The fraction of sp³-hybridized carbons (Fsp3) is 1.00. The van der Waals surface area contributed by atoms with Gasteiger partial charge in [0.25, 0.3) is 0 Å². The van der Waals surface area contributed by atoms with Crippen molar-refractivity contribution in [1.82, 2.24) is 0 Å². The zero-order chi connectivity index (χ0) is 7.23. The molecule has 0 aromatic rings. The number of rotatable bonds is 6. The third kappa shape index (κ3) is 3.85. The van der Waals surface area contributed by atoms with Crippen LogP contribution in [0.5, 0.6) is 0 Å². The summed E-state index contributed by atoms with van der Waals surface area (Å²) < 4.78 is 10.5. The third-order valence-electron chi connectivity index (χ3n) is 1.55. The lowest BCUT2D eigenvalue weighted by Gasteiger charge is -2.02. The van der Waals surface area contributed by atoms with Gasteiger partial charge in [-0.3, -0.25) is 0 Å². The molecule has 2 nitrogen and oxygen atoms in total. The Labute approximate surface area is 62.5 Å². The topological polar surface area (TPSA) is 18.5 Å². The molecule has 0 unspecified atom stereocenters. The van der Waals surface area contributed by atoms with Gasteiger partial charge in [0.2, 0.25) is 0 Å². The average Bonchev–Trinajstić information content (AvgIpc) is 2.71. The molecular weight excluding hydrogens is 128 g/mol. The second-order valence-electron chi connectivity index (χ2n) is 2.75. The average molecular weight is 144 g/mol. The minimum atomic E-state index is 0.505. The number of hydrogen-bond donors (Lipinski definition) is 0. The van der Waals surface area contributed by atoms with Crippen LogP contribution in [0.2, 0.25) is 0 Å². The Hall–Kier alpha value is -0.0800. The van der Waals surface area contributed by atoms with Crippen LogP contribution in [-0.2, 0) is 9.47 Å². The standard InChI is InChI=1S/C8H16O2/c1-2-3-6-9-7-10-8-4-5-8/h8H,2-7H2,1H3. The molecule has 0 N–H and O–H groups in total. The number of ether oxygens (including phenoxy) is 2. The van der Waals surface area contributed by atoms with Gasteiger partial charge in [0.15, 0.2) is 0 Å². The summed E-state index contributed by atoms with van der Waals surface area (Å²) in [6.07, 6.45) is 5.34. The smallest absolute Gasteiger partial charge is 0.147 e. The quantitative estimate of drug-likeness (QED) is 0.419. The highest BCUT2D eigenvalue weighted by molar-refractivity contribution is 4.72. The predicted octanol–water partition coefficient (Wildman–Crippen LogP) is 1.94. The molecule has 0 radical (unpaired) electrons. The van der Waals surface area contributed by atoms with Crippen LogP contribution in [0.4, 0.5) is 0 Å². The summed E-state index contributed by atoms with van der Waals surface area (Å²) in [5, 5.41) is 0. The molecule has 0 heterocycles. The maximum Gasteiger partial charge on any atom is 0.147 e. The van der Waals surface area contributed by atoms with E-state index < -0.39 is 0 Å². The van der Waals surface area contributed by atoms with E-state index in [1.807, 2.05) is 0 Å². The first-order valence-corrected chi connectivity index (χ1v) is 4.13. The van der Waals surface area contributed by atoms with E-state index in [0.717, 1.165) is 13.0 Å². The van der Waals surface area contributed by atoms with Crippen LogP contribution < -0.4 is 0 Å². The Bertz CT molecular complexity index is 79.3. The van der Waals surface area contributed by atoms with Gasteiger partial charge in [0.05, 0.1) is 6.10 Å². The maximum atomic E-state index is 5.28. The molecule has 0 atom stereocenters. The van der Waals surface area contributed by atoms with E-state index in [4.69, 9.17) is 9.47 Å². The Balaban J connectivity index is 1.68. The lowest BCUT2D eigenvalue weighted by atomic mass is 10.4. The highest BCUT2D eigenvalue weighted by atomic mass is 16.7. The summed E-state index contributed by atoms with van der Waals surface area (Å²) in [7, 11) is 0. The molecule has 0 aromatic carbocycles. The molecule has 1 aliphatic carbocycles. The van der Waals surface area contributed by atoms with Gasteiger partial charge in [-0.2, -0.15) is 0 Å². The van der Waals surface area contributed by atoms with Crippen molar-refractivity contribution in [2.75, 3.05) is 13.4 Å². The molecule has 60 valence electrons. The van der Waals surface area contributed by atoms with Crippen molar-refractivity contribution in [2.24, 2.45) is 0 Å². The van der Waals surface area contributed by atoms with Crippen LogP contribution in [0.1, 0.15) is 32.6 Å². The van der Waals surface area contributed by atoms with Crippen molar-refractivity contribution in [3.63, 3.8) is 0 Å². The van der Waals surface area contributed by atoms with E-state index in [0.29, 0.717) is 12.9 Å². The first-order valence-electron chi connectivity index (χ1n) is 4.13. The van der Waals surface area contributed by atoms with Crippen LogP contribution in [0.3, 0.4) is 0 Å². The minimum Gasteiger partial charge on any atom is -0.355 e. The molecule has 1 saturated carbocycles. The van der Waals surface area contributed by atoms with E-state index in [1.165, 1.54) is 19.3 Å². The van der Waals surface area contributed by atoms with Gasteiger partial charge in [-0.1, -0.05) is 13.3 Å². The Morgan fingerprint density at radius 1 is 1.40 bits per heavy atom. The minimum absolute atomic E-state index is 0.505. The highest BCUT2D eigenvalue weighted by Crippen LogP contribution is 2.22. The molecule has 0 saturated heterocycles. The molecular formula is C8H16O2. The fourth-order valence-corrected chi connectivity index (χ4v) is 0.684. The summed E-state index contributed by atoms with van der Waals surface area (Å²) in [6.45, 7) is 3.51. The second-order valence-corrected chi connectivity index (χ2v) is 2.75. The highest BCUT2D eigenvalue weighted by Gasteiger charge is 2.21. The van der Waals surface area contributed by atoms with Crippen molar-refractivity contribution in [3.8, 4) is 0 Å². The summed E-state index contributed by atoms with van der Waals surface area (Å²) in [6, 6.07) is 0. The van der Waals surface area contributed by atoms with Crippen LogP contribution in [0.25, 0.3) is 0 Å². The van der Waals surface area contributed by atoms with Crippen LogP contribution >= 0.6 is 0 Å². The molecule has 0 amide bonds. The molecule has 2 heteroatoms. The van der Waals surface area contributed by atoms with Gasteiger partial charge in [0.1, 0.15) is 6.79 Å². The molecule has 0 bridgehead atoms. The van der Waals surface area contributed by atoms with Gasteiger partial charge in [-0.15, -0.1) is 0 Å². The SMILES string of the molecule is CCCCOCOC1CC1. The molecule has 0 aromatic heterocycles. The van der Waals surface area contributed by atoms with Crippen molar-refractivity contribution >= 4 is 0 Å². The summed E-state index contributed by atoms with van der Waals surface area (Å²) in [5.74, 6) is 0. The molecule has 1 fully saturated rings. The first-order chi connectivity index (χ1) is 4.93. The predicted molar refractivity (Wildman–Crippen MR) is 39.8 cm³/mol. The second kappa shape index (κ2) is 4.69. The van der Waals surface area contributed by atoms with Crippen molar-refractivity contribution < 1.29 is 9.47 Å². The molecule has 10 heavy (non-hydrogen) atoms. The Morgan fingerprint density at radius 3 is 2.80 bits per heavy atom. The van der Waals surface area contributed by atoms with E-state index in [1.54, 1.807) is 0 Å². The van der Waals surface area contributed by atoms with Gasteiger partial charge < -0.3 is 9.47 Å². The lowest BCUT2D eigenvalue weighted by Crippen LogP contribution is -2.02. The summed E-state index contributed by atoms with van der Waals surface area (Å²) in [5.41, 5.74) is 0. The van der Waals surface area contributed by atoms with Gasteiger partial charge in [0, 0.05) is 6.61 Å². The van der Waals surface area contributed by atoms with Gasteiger partial charge in [-0.05, 0) is 19.3 Å². The maximum absolute atomic E-state index is 5.28. The first kappa shape index (κ1) is 8.02. The number of hydrogen-bond acceptors (Lipinski definition) is 2. The summed E-state index contributed by atoms with van der Waals surface area (Å²) >= 11 is 0.